The summed E-state index contributed by atoms with van der Waals surface area (Å²) in [5.41, 5.74) is 6.14. The first-order chi connectivity index (χ1) is 27.9. The molecule has 0 bridgehead atoms. The van der Waals surface area contributed by atoms with Crippen molar-refractivity contribution in [3.63, 3.8) is 0 Å². The first-order valence-electron chi connectivity index (χ1n) is 18.5. The molecule has 1 aliphatic rings. The summed E-state index contributed by atoms with van der Waals surface area (Å²) in [6.45, 7) is 3.02. The number of aliphatic hydroxyl groups is 1. The molecule has 9 heteroatoms. The van der Waals surface area contributed by atoms with Crippen molar-refractivity contribution in [3.05, 3.63) is 193 Å². The summed E-state index contributed by atoms with van der Waals surface area (Å²) in [6, 6.07) is 49.5. The fraction of sp³-hybridized carbons (Fsp3) is 0.146. The Kier molecular flexibility index (Phi) is 12.4. The Morgan fingerprint density at radius 1 is 0.491 bits per heavy atom. The van der Waals surface area contributed by atoms with E-state index >= 15 is 0 Å². The average Bonchev–Trinajstić information content (AvgIpc) is 3.28. The molecule has 9 nitrogen and oxygen atoms in total. The molecule has 0 saturated carbocycles. The number of hydrogen-bond acceptors (Lipinski definition) is 9. The van der Waals surface area contributed by atoms with Crippen molar-refractivity contribution in [2.45, 2.75) is 30.7 Å². The van der Waals surface area contributed by atoms with Crippen LogP contribution in [0.5, 0.6) is 0 Å². The van der Waals surface area contributed by atoms with Crippen molar-refractivity contribution in [1.82, 2.24) is 0 Å². The van der Waals surface area contributed by atoms with Crippen LogP contribution in [-0.2, 0) is 23.7 Å². The summed E-state index contributed by atoms with van der Waals surface area (Å²) < 4.78 is 30.2. The summed E-state index contributed by atoms with van der Waals surface area (Å²) in [6.07, 6.45) is -5.52. The SMILES string of the molecule is C=CCO[C@@H]1O[C@H](CO)[C@H](OC(=O)c2ccc(-c3ccccc3)cc2)[C@H](OC(=O)c2ccc(-c3ccccc3)cc2)[C@H]1OC(=O)c1ccc(-c2ccccc2)cc1. The molecule has 5 atom stereocenters. The third kappa shape index (κ3) is 9.25. The summed E-state index contributed by atoms with van der Waals surface area (Å²) in [7, 11) is 0. The van der Waals surface area contributed by atoms with Crippen molar-refractivity contribution >= 4 is 17.9 Å². The van der Waals surface area contributed by atoms with Gasteiger partial charge in [-0.05, 0) is 69.8 Å². The number of esters is 3. The van der Waals surface area contributed by atoms with Crippen LogP contribution in [0.4, 0.5) is 0 Å². The molecule has 286 valence electrons. The maximum atomic E-state index is 14.0. The van der Waals surface area contributed by atoms with E-state index in [1.54, 1.807) is 72.8 Å². The lowest BCUT2D eigenvalue weighted by Crippen LogP contribution is -2.63. The van der Waals surface area contributed by atoms with Gasteiger partial charge in [-0.3, -0.25) is 0 Å². The highest BCUT2D eigenvalue weighted by molar-refractivity contribution is 5.92. The van der Waals surface area contributed by atoms with Crippen LogP contribution in [0, 0.1) is 0 Å². The van der Waals surface area contributed by atoms with Crippen LogP contribution in [0.1, 0.15) is 31.1 Å². The highest BCUT2D eigenvalue weighted by atomic mass is 16.7. The van der Waals surface area contributed by atoms with Gasteiger partial charge in [0.1, 0.15) is 6.10 Å². The zero-order valence-electron chi connectivity index (χ0n) is 30.9. The van der Waals surface area contributed by atoms with Gasteiger partial charge >= 0.3 is 17.9 Å². The molecular formula is C48H40O9. The van der Waals surface area contributed by atoms with E-state index in [4.69, 9.17) is 23.7 Å². The van der Waals surface area contributed by atoms with Crippen LogP contribution >= 0.6 is 0 Å². The van der Waals surface area contributed by atoms with Gasteiger partial charge in [-0.25, -0.2) is 14.4 Å². The molecule has 0 spiro atoms. The Bertz CT molecular complexity index is 2260. The Morgan fingerprint density at radius 3 is 1.18 bits per heavy atom. The number of carbonyl (C=O) groups is 3. The molecule has 1 saturated heterocycles. The van der Waals surface area contributed by atoms with Crippen molar-refractivity contribution < 1.29 is 43.2 Å². The highest BCUT2D eigenvalue weighted by Gasteiger charge is 2.53. The van der Waals surface area contributed by atoms with Gasteiger partial charge < -0.3 is 28.8 Å². The maximum Gasteiger partial charge on any atom is 0.338 e. The van der Waals surface area contributed by atoms with E-state index < -0.39 is 55.2 Å². The predicted molar refractivity (Wildman–Crippen MR) is 215 cm³/mol. The molecule has 0 aromatic heterocycles. The maximum absolute atomic E-state index is 14.0. The quantitative estimate of drug-likeness (QED) is 0.0702. The summed E-state index contributed by atoms with van der Waals surface area (Å²) in [5, 5.41) is 10.6. The zero-order chi connectivity index (χ0) is 39.6. The van der Waals surface area contributed by atoms with Crippen LogP contribution in [0.3, 0.4) is 0 Å². The normalized spacial score (nSPS) is 18.9. The smallest absolute Gasteiger partial charge is 0.338 e. The van der Waals surface area contributed by atoms with E-state index in [9.17, 15) is 19.5 Å². The molecular weight excluding hydrogens is 721 g/mol. The lowest BCUT2D eigenvalue weighted by molar-refractivity contribution is -0.296. The van der Waals surface area contributed by atoms with Gasteiger partial charge in [-0.1, -0.05) is 133 Å². The van der Waals surface area contributed by atoms with Crippen LogP contribution < -0.4 is 0 Å². The third-order valence-corrected chi connectivity index (χ3v) is 9.56. The van der Waals surface area contributed by atoms with E-state index in [1.165, 1.54) is 6.08 Å². The minimum atomic E-state index is -1.49. The summed E-state index contributed by atoms with van der Waals surface area (Å²) >= 11 is 0. The lowest BCUT2D eigenvalue weighted by atomic mass is 9.97. The Morgan fingerprint density at radius 2 is 0.825 bits per heavy atom. The van der Waals surface area contributed by atoms with Gasteiger partial charge in [0, 0.05) is 0 Å². The van der Waals surface area contributed by atoms with Crippen molar-refractivity contribution in [2.75, 3.05) is 13.2 Å². The van der Waals surface area contributed by atoms with Crippen LogP contribution in [0.15, 0.2) is 176 Å². The molecule has 57 heavy (non-hydrogen) atoms. The average molecular weight is 761 g/mol. The van der Waals surface area contributed by atoms with Crippen molar-refractivity contribution in [1.29, 1.82) is 0 Å². The molecule has 1 fully saturated rings. The molecule has 1 aliphatic heterocycles. The summed E-state index contributed by atoms with van der Waals surface area (Å²) in [4.78, 5) is 41.6. The standard InChI is InChI=1S/C48H40O9/c1-2-30-53-48-44(57-47(52)40-28-22-37(23-29-40)34-16-10-5-11-17-34)43(56-46(51)39-26-20-36(21-27-39)33-14-8-4-9-15-33)42(41(31-49)54-48)55-45(50)38-24-18-35(19-25-38)32-12-6-3-7-13-32/h2-29,41-44,48-49H,1,30-31H2/t41-,42+,43+,44-,48-/m1/s1. The van der Waals surface area contributed by atoms with Gasteiger partial charge in [0.2, 0.25) is 0 Å². The topological polar surface area (TPSA) is 118 Å². The molecule has 6 aromatic rings. The van der Waals surface area contributed by atoms with E-state index in [0.29, 0.717) is 0 Å². The molecule has 7 rings (SSSR count). The van der Waals surface area contributed by atoms with Crippen molar-refractivity contribution in [3.8, 4) is 33.4 Å². The molecule has 6 aromatic carbocycles. The zero-order valence-corrected chi connectivity index (χ0v) is 30.9. The minimum absolute atomic E-state index is 0.0392. The molecule has 1 N–H and O–H groups in total. The molecule has 0 aliphatic carbocycles. The monoisotopic (exact) mass is 760 g/mol. The van der Waals surface area contributed by atoms with Crippen LogP contribution in [0.2, 0.25) is 0 Å². The fourth-order valence-electron chi connectivity index (χ4n) is 6.59. The Balaban J connectivity index is 1.20. The first-order valence-corrected chi connectivity index (χ1v) is 18.5. The Labute approximate surface area is 330 Å². The van der Waals surface area contributed by atoms with E-state index in [1.807, 2.05) is 91.0 Å². The van der Waals surface area contributed by atoms with E-state index in [-0.39, 0.29) is 23.3 Å². The van der Waals surface area contributed by atoms with E-state index in [2.05, 4.69) is 6.58 Å². The molecule has 0 radical (unpaired) electrons. The minimum Gasteiger partial charge on any atom is -0.452 e. The second-order valence-electron chi connectivity index (χ2n) is 13.3. The molecule has 0 unspecified atom stereocenters. The third-order valence-electron chi connectivity index (χ3n) is 9.56. The number of carbonyl (C=O) groups excluding carboxylic acids is 3. The molecule has 1 heterocycles. The molecule has 0 amide bonds. The van der Waals surface area contributed by atoms with Gasteiger partial charge in [-0.2, -0.15) is 0 Å². The number of aliphatic hydroxyl groups excluding tert-OH is 1. The van der Waals surface area contributed by atoms with Gasteiger partial charge in [-0.15, -0.1) is 6.58 Å². The van der Waals surface area contributed by atoms with Gasteiger partial charge in [0.15, 0.2) is 24.6 Å². The summed E-state index contributed by atoms with van der Waals surface area (Å²) in [5.74, 6) is -2.34. The van der Waals surface area contributed by atoms with Crippen LogP contribution in [-0.4, -0.2) is 66.9 Å². The number of rotatable bonds is 13. The van der Waals surface area contributed by atoms with Crippen molar-refractivity contribution in [2.24, 2.45) is 0 Å². The van der Waals surface area contributed by atoms with E-state index in [0.717, 1.165) is 33.4 Å². The lowest BCUT2D eigenvalue weighted by Gasteiger charge is -2.44. The van der Waals surface area contributed by atoms with Gasteiger partial charge in [0.05, 0.1) is 29.9 Å². The highest BCUT2D eigenvalue weighted by Crippen LogP contribution is 2.32. The van der Waals surface area contributed by atoms with Crippen LogP contribution in [0.25, 0.3) is 33.4 Å². The second kappa shape index (κ2) is 18.3. The van der Waals surface area contributed by atoms with Gasteiger partial charge in [0.25, 0.3) is 0 Å². The fourth-order valence-corrected chi connectivity index (χ4v) is 6.59. The Hall–Kier alpha value is -6.65. The number of ether oxygens (including phenoxy) is 5. The largest absolute Gasteiger partial charge is 0.452 e. The predicted octanol–water partition coefficient (Wildman–Crippen LogP) is 8.58. The second-order valence-corrected chi connectivity index (χ2v) is 13.3. The first kappa shape index (κ1) is 38.6. The number of benzene rings is 6. The number of hydrogen-bond donors (Lipinski definition) is 1.